The normalized spacial score (nSPS) is 37.6. The molecule has 2 fully saturated rings. The topological polar surface area (TPSA) is 55.5 Å². The van der Waals surface area contributed by atoms with Crippen molar-refractivity contribution >= 4 is 40.4 Å². The van der Waals surface area contributed by atoms with Crippen molar-refractivity contribution in [1.82, 2.24) is 4.98 Å². The van der Waals surface area contributed by atoms with Crippen LogP contribution < -0.4 is 10.8 Å². The van der Waals surface area contributed by atoms with Gasteiger partial charge in [0.15, 0.2) is 5.42 Å². The number of hydrogen-bond donors (Lipinski definition) is 0. The van der Waals surface area contributed by atoms with Crippen molar-refractivity contribution in [3.63, 3.8) is 0 Å². The summed E-state index contributed by atoms with van der Waals surface area (Å²) in [6.07, 6.45) is 15.8. The minimum absolute atomic E-state index is 0.0189. The Morgan fingerprint density at radius 3 is 2.77 bits per heavy atom. The maximum atomic E-state index is 13.0. The fraction of sp³-hybridized carbons (Fsp3) is 0.455. The van der Waals surface area contributed by atoms with Gasteiger partial charge < -0.3 is 4.42 Å². The van der Waals surface area contributed by atoms with Crippen LogP contribution in [0.5, 0.6) is 0 Å². The molecule has 162 valence electrons. The number of halogens is 3. The van der Waals surface area contributed by atoms with E-state index in [0.29, 0.717) is 33.6 Å². The van der Waals surface area contributed by atoms with Crippen molar-refractivity contribution in [3.05, 3.63) is 51.9 Å². The van der Waals surface area contributed by atoms with Gasteiger partial charge in [0, 0.05) is 17.1 Å². The number of allylic oxidation sites excluding steroid dienone is 3. The van der Waals surface area contributed by atoms with Crippen molar-refractivity contribution < 1.29 is 21.8 Å². The summed E-state index contributed by atoms with van der Waals surface area (Å²) in [7, 11) is -1.28. The highest BCUT2D eigenvalue weighted by atomic mass is 32.2. The first-order chi connectivity index (χ1) is 14.7. The van der Waals surface area contributed by atoms with Gasteiger partial charge in [-0.3, -0.25) is 9.20 Å². The molecule has 5 atom stereocenters. The molecule has 4 aliphatic carbocycles. The maximum Gasteiger partial charge on any atom is 0.442 e. The molecule has 1 aromatic rings. The van der Waals surface area contributed by atoms with Crippen molar-refractivity contribution in [1.29, 1.82) is 0 Å². The zero-order chi connectivity index (χ0) is 21.6. The van der Waals surface area contributed by atoms with Crippen LogP contribution in [-0.4, -0.2) is 36.5 Å². The largest absolute Gasteiger partial charge is 0.442 e. The average molecular weight is 465 g/mol. The molecule has 0 aromatic carbocycles. The molecule has 0 spiro atoms. The van der Waals surface area contributed by atoms with Gasteiger partial charge in [-0.2, -0.15) is 13.2 Å². The van der Waals surface area contributed by atoms with E-state index in [-0.39, 0.29) is 29.0 Å². The predicted molar refractivity (Wildman–Crippen MR) is 115 cm³/mol. The van der Waals surface area contributed by atoms with Crippen LogP contribution >= 0.6 is 11.8 Å². The SMILES string of the molecule is CCS(=O)C1=CC23C=CC=CC2(CC3)N=C1c1nc2c(o1)=CC1CC1(SC(F)(F)F)C=2. The number of aliphatic imine (C=N–C) groups is 1. The van der Waals surface area contributed by atoms with E-state index >= 15 is 0 Å². The zero-order valence-electron chi connectivity index (χ0n) is 16.6. The molecule has 4 nitrogen and oxygen atoms in total. The Labute approximate surface area is 183 Å². The summed E-state index contributed by atoms with van der Waals surface area (Å²) in [5.74, 6) is 0.446. The number of nitrogens with zero attached hydrogens (tertiary/aromatic N) is 2. The number of dihydropyridines is 1. The van der Waals surface area contributed by atoms with E-state index in [1.165, 1.54) is 0 Å². The molecule has 0 radical (unpaired) electrons. The van der Waals surface area contributed by atoms with Gasteiger partial charge in [-0.25, -0.2) is 4.98 Å². The van der Waals surface area contributed by atoms with Gasteiger partial charge in [-0.15, -0.1) is 0 Å². The van der Waals surface area contributed by atoms with Gasteiger partial charge >= 0.3 is 5.51 Å². The highest BCUT2D eigenvalue weighted by Gasteiger charge is 2.60. The van der Waals surface area contributed by atoms with Gasteiger partial charge in [-0.1, -0.05) is 37.3 Å². The Morgan fingerprint density at radius 1 is 1.26 bits per heavy atom. The fourth-order valence-electron chi connectivity index (χ4n) is 5.15. The average Bonchev–Trinajstić information content (AvgIpc) is 3.21. The molecule has 0 amide bonds. The van der Waals surface area contributed by atoms with Crippen LogP contribution in [0.15, 0.2) is 44.7 Å². The van der Waals surface area contributed by atoms with Crippen molar-refractivity contribution in [2.45, 2.75) is 42.0 Å². The van der Waals surface area contributed by atoms with E-state index in [1.807, 2.05) is 25.2 Å². The van der Waals surface area contributed by atoms with Crippen LogP contribution in [-0.2, 0) is 10.8 Å². The predicted octanol–water partition coefficient (Wildman–Crippen LogP) is 3.36. The van der Waals surface area contributed by atoms with Crippen molar-refractivity contribution in [2.24, 2.45) is 16.3 Å². The molecule has 0 bridgehead atoms. The van der Waals surface area contributed by atoms with Crippen LogP contribution in [0.2, 0.25) is 0 Å². The number of oxazole rings is 1. The molecule has 5 unspecified atom stereocenters. The van der Waals surface area contributed by atoms with E-state index < -0.39 is 26.6 Å². The molecular formula is C22H19F3N2O2S2. The molecule has 6 rings (SSSR count). The van der Waals surface area contributed by atoms with Gasteiger partial charge in [-0.05, 0) is 43.2 Å². The second-order valence-corrected chi connectivity index (χ2v) is 11.8. The fourth-order valence-corrected chi connectivity index (χ4v) is 7.24. The third-order valence-corrected chi connectivity index (χ3v) is 9.50. The summed E-state index contributed by atoms with van der Waals surface area (Å²) in [6, 6.07) is 0. The van der Waals surface area contributed by atoms with E-state index in [4.69, 9.17) is 9.41 Å². The summed E-state index contributed by atoms with van der Waals surface area (Å²) in [5.41, 5.74) is -4.08. The standard InChI is InChI=1S/C22H19F3N2O2S2/c1-2-31(28)16-12-19-5-3-4-6-21(19,8-7-19)27-17(16)18-26-14-11-20(30-22(23,24)25)10-13(20)9-15(14)29-18/h3-6,9,11-13H,2,7-8,10H2,1H3. The van der Waals surface area contributed by atoms with E-state index in [9.17, 15) is 17.4 Å². The van der Waals surface area contributed by atoms with Gasteiger partial charge in [0.2, 0.25) is 5.89 Å². The number of thioether (sulfide) groups is 1. The number of rotatable bonds is 4. The summed E-state index contributed by atoms with van der Waals surface area (Å²) >= 11 is 0.0189. The Morgan fingerprint density at radius 2 is 2.06 bits per heavy atom. The molecule has 1 aromatic heterocycles. The number of fused-ring (bicyclic) bond motifs is 2. The second kappa shape index (κ2) is 6.13. The zero-order valence-corrected chi connectivity index (χ0v) is 18.2. The molecule has 2 heterocycles. The minimum Gasteiger partial charge on any atom is -0.435 e. The van der Waals surface area contributed by atoms with Crippen LogP contribution in [0.4, 0.5) is 13.2 Å². The lowest BCUT2D eigenvalue weighted by atomic mass is 9.52. The lowest BCUT2D eigenvalue weighted by Gasteiger charge is -2.56. The lowest BCUT2D eigenvalue weighted by Crippen LogP contribution is -2.56. The number of hydrogen-bond acceptors (Lipinski definition) is 5. The Balaban J connectivity index is 1.46. The molecule has 9 heteroatoms. The molecule has 0 N–H and O–H groups in total. The molecular weight excluding hydrogens is 445 g/mol. The van der Waals surface area contributed by atoms with Gasteiger partial charge in [0.25, 0.3) is 0 Å². The van der Waals surface area contributed by atoms with Gasteiger partial charge in [0.1, 0.15) is 11.1 Å². The van der Waals surface area contributed by atoms with Crippen molar-refractivity contribution in [2.75, 3.05) is 5.75 Å². The summed E-state index contributed by atoms with van der Waals surface area (Å²) in [6.45, 7) is 1.85. The lowest BCUT2D eigenvalue weighted by molar-refractivity contribution is -0.0332. The molecule has 1 aliphatic heterocycles. The third-order valence-electron chi connectivity index (χ3n) is 6.97. The highest BCUT2D eigenvalue weighted by molar-refractivity contribution is 8.02. The summed E-state index contributed by atoms with van der Waals surface area (Å²) in [4.78, 5) is 10.1. The summed E-state index contributed by atoms with van der Waals surface area (Å²) < 4.78 is 57.0. The third kappa shape index (κ3) is 2.78. The summed E-state index contributed by atoms with van der Waals surface area (Å²) in [5, 5.41) is 0.409. The number of aromatic nitrogens is 1. The maximum absolute atomic E-state index is 13.0. The van der Waals surface area contributed by atoms with Gasteiger partial charge in [0.05, 0.1) is 26.0 Å². The first-order valence-corrected chi connectivity index (χ1v) is 12.4. The smallest absolute Gasteiger partial charge is 0.435 e. The quantitative estimate of drug-likeness (QED) is 0.686. The highest BCUT2D eigenvalue weighted by Crippen LogP contribution is 2.62. The van der Waals surface area contributed by atoms with Crippen LogP contribution in [0.3, 0.4) is 0 Å². The van der Waals surface area contributed by atoms with Crippen molar-refractivity contribution in [3.8, 4) is 0 Å². The van der Waals surface area contributed by atoms with Crippen LogP contribution in [0.1, 0.15) is 32.1 Å². The second-order valence-electron chi connectivity index (χ2n) is 8.68. The minimum atomic E-state index is -4.31. The van der Waals surface area contributed by atoms with E-state index in [2.05, 4.69) is 17.1 Å². The molecule has 31 heavy (non-hydrogen) atoms. The Bertz CT molecular complexity index is 1270. The molecule has 2 saturated carbocycles. The molecule has 0 saturated heterocycles. The first kappa shape index (κ1) is 19.8. The van der Waals surface area contributed by atoms with E-state index in [1.54, 1.807) is 12.2 Å². The Kier molecular flexibility index (Phi) is 3.91. The first-order valence-electron chi connectivity index (χ1n) is 10.3. The van der Waals surface area contributed by atoms with Crippen LogP contribution in [0.25, 0.3) is 12.2 Å². The van der Waals surface area contributed by atoms with Crippen LogP contribution in [0, 0.1) is 11.3 Å². The Hall–Kier alpha value is -1.87. The monoisotopic (exact) mass is 464 g/mol. The molecule has 5 aliphatic rings. The number of alkyl halides is 3. The van der Waals surface area contributed by atoms with E-state index in [0.717, 1.165) is 12.8 Å².